The van der Waals surface area contributed by atoms with Gasteiger partial charge in [0, 0.05) is 0 Å². The van der Waals surface area contributed by atoms with Gasteiger partial charge in [-0.25, -0.2) is 9.97 Å². The van der Waals surface area contributed by atoms with Gasteiger partial charge in [-0.15, -0.1) is 22.1 Å². The second kappa shape index (κ2) is 21.3. The summed E-state index contributed by atoms with van der Waals surface area (Å²) in [5.41, 5.74) is 11.0. The molecule has 0 N–H and O–H groups in total. The maximum absolute atomic E-state index is 15.6. The average Bonchev–Trinajstić information content (AvgIpc) is 1.76. The SMILES string of the molecule is CC(C)(C)c1cc(-c2c3nc(c(-c4cc(C(C)(C)C)cc(C(C)(C)C)c4)c4ccc([n-]4)c(-c4cc(C(C)(C)C)cc(C(C)(C)C)c4)c4nc(c(-c5cc(C(C)(C)C)cc(C(C)(C)C)c5)c5ccc2[n-]5)C(=O)C4=O)C(=O)C3=O)cc(C(C)(C)C)c1.[Cu+2]. The van der Waals surface area contributed by atoms with Crippen molar-refractivity contribution in [3.63, 3.8) is 0 Å². The van der Waals surface area contributed by atoms with E-state index in [9.17, 15) is 0 Å². The molecular weight excluding hydrogens is 1100 g/mol. The first-order chi connectivity index (χ1) is 38.3. The zero-order valence-electron chi connectivity index (χ0n) is 55.0. The van der Waals surface area contributed by atoms with Crippen LogP contribution in [0.1, 0.15) is 253 Å². The number of carbonyl (C=O) groups excluding carboxylic acids is 4. The van der Waals surface area contributed by atoms with Crippen LogP contribution < -0.4 is 9.97 Å². The molecule has 0 spiro atoms. The Morgan fingerprint density at radius 3 is 0.518 bits per heavy atom. The summed E-state index contributed by atoms with van der Waals surface area (Å²) >= 11 is 0. The molecule has 8 bridgehead atoms. The second-order valence-corrected chi connectivity index (χ2v) is 32.1. The van der Waals surface area contributed by atoms with E-state index in [1.807, 2.05) is 24.3 Å². The van der Waals surface area contributed by atoms with Gasteiger partial charge in [-0.2, -0.15) is 0 Å². The first kappa shape index (κ1) is 64.2. The fraction of sp³-hybridized carbons (Fsp3) is 0.421. The van der Waals surface area contributed by atoms with Crippen molar-refractivity contribution in [2.24, 2.45) is 0 Å². The molecule has 2 aliphatic heterocycles. The molecule has 0 unspecified atom stereocenters. The molecule has 5 heterocycles. The summed E-state index contributed by atoms with van der Waals surface area (Å²) in [6.45, 7) is 51.8. The van der Waals surface area contributed by atoms with Crippen LogP contribution in [0.4, 0.5) is 0 Å². The third kappa shape index (κ3) is 12.5. The molecule has 3 aromatic heterocycles. The van der Waals surface area contributed by atoms with Crippen LogP contribution in [0.15, 0.2) is 97.1 Å². The van der Waals surface area contributed by atoms with Gasteiger partial charge < -0.3 is 9.97 Å². The Balaban J connectivity index is 0.00000940. The number of fused-ring (bicyclic) bond motifs is 8. The van der Waals surface area contributed by atoms with Crippen molar-refractivity contribution in [2.75, 3.05) is 0 Å². The minimum Gasteiger partial charge on any atom is -0.657 e. The van der Waals surface area contributed by atoms with E-state index in [4.69, 9.17) is 19.9 Å². The number of carbonyl (C=O) groups is 4. The topological polar surface area (TPSA) is 122 Å². The molecular formula is C76H88CuN4O4. The molecule has 85 heavy (non-hydrogen) atoms. The number of ketones is 4. The third-order valence-corrected chi connectivity index (χ3v) is 16.8. The molecule has 0 fully saturated rings. The van der Waals surface area contributed by atoms with Crippen molar-refractivity contribution in [1.82, 2.24) is 19.9 Å². The molecule has 0 amide bonds. The van der Waals surface area contributed by atoms with Crippen LogP contribution in [-0.4, -0.2) is 33.1 Å². The summed E-state index contributed by atoms with van der Waals surface area (Å²) in [7, 11) is 0. The van der Waals surface area contributed by atoms with Gasteiger partial charge in [0.25, 0.3) is 23.1 Å². The molecule has 4 aromatic carbocycles. The third-order valence-electron chi connectivity index (χ3n) is 16.8. The van der Waals surface area contributed by atoms with E-state index in [2.05, 4.69) is 239 Å². The predicted molar refractivity (Wildman–Crippen MR) is 348 cm³/mol. The maximum atomic E-state index is 15.6. The van der Waals surface area contributed by atoms with Crippen LogP contribution in [0.25, 0.3) is 66.6 Å². The molecule has 9 rings (SSSR count). The molecule has 0 atom stereocenters. The van der Waals surface area contributed by atoms with Crippen LogP contribution in [0.5, 0.6) is 0 Å². The minimum absolute atomic E-state index is 0. The Bertz CT molecular complexity index is 3450. The Hall–Kier alpha value is -6.80. The molecule has 447 valence electrons. The summed E-state index contributed by atoms with van der Waals surface area (Å²) in [6, 6.07) is 32.9. The van der Waals surface area contributed by atoms with Gasteiger partial charge >= 0.3 is 17.1 Å². The summed E-state index contributed by atoms with van der Waals surface area (Å²) in [6.07, 6.45) is 0. The quantitative estimate of drug-likeness (QED) is 0.126. The van der Waals surface area contributed by atoms with Crippen LogP contribution >= 0.6 is 0 Å². The van der Waals surface area contributed by atoms with Gasteiger partial charge in [0.1, 0.15) is 22.8 Å². The predicted octanol–water partition coefficient (Wildman–Crippen LogP) is 18.7. The van der Waals surface area contributed by atoms with Crippen molar-refractivity contribution in [3.05, 3.63) is 164 Å². The summed E-state index contributed by atoms with van der Waals surface area (Å²) in [5, 5.41) is 0. The van der Waals surface area contributed by atoms with Gasteiger partial charge in [0.05, 0.1) is 0 Å². The van der Waals surface area contributed by atoms with Crippen LogP contribution in [0.3, 0.4) is 0 Å². The number of hydrogen-bond donors (Lipinski definition) is 0. The van der Waals surface area contributed by atoms with E-state index < -0.39 is 23.1 Å². The van der Waals surface area contributed by atoms with Crippen molar-refractivity contribution in [3.8, 4) is 44.5 Å². The van der Waals surface area contributed by atoms with Gasteiger partial charge in [0.15, 0.2) is 0 Å². The minimum atomic E-state index is -0.766. The number of hydrogen-bond acceptors (Lipinski definition) is 6. The van der Waals surface area contributed by atoms with Crippen LogP contribution in [-0.2, 0) is 60.4 Å². The molecule has 7 aromatic rings. The van der Waals surface area contributed by atoms with E-state index >= 15 is 19.2 Å². The Kier molecular flexibility index (Phi) is 16.1. The van der Waals surface area contributed by atoms with E-state index in [1.165, 1.54) is 0 Å². The van der Waals surface area contributed by atoms with Gasteiger partial charge in [-0.1, -0.05) is 263 Å². The largest absolute Gasteiger partial charge is 2.00 e. The van der Waals surface area contributed by atoms with Gasteiger partial charge in [-0.3, -0.25) is 19.2 Å². The number of benzene rings is 4. The average molecular weight is 1190 g/mol. The van der Waals surface area contributed by atoms with Crippen LogP contribution in [0.2, 0.25) is 0 Å². The number of nitrogens with zero attached hydrogens (tertiary/aromatic N) is 4. The fourth-order valence-corrected chi connectivity index (χ4v) is 11.0. The van der Waals surface area contributed by atoms with E-state index in [0.29, 0.717) is 66.6 Å². The Labute approximate surface area is 516 Å². The van der Waals surface area contributed by atoms with Gasteiger partial charge in [-0.05, 0) is 132 Å². The van der Waals surface area contributed by atoms with Crippen molar-refractivity contribution < 1.29 is 36.2 Å². The molecule has 1 radical (unpaired) electrons. The summed E-state index contributed by atoms with van der Waals surface area (Å²) < 4.78 is 0. The molecule has 8 nitrogen and oxygen atoms in total. The first-order valence-electron chi connectivity index (χ1n) is 29.9. The maximum Gasteiger partial charge on any atom is 2.00 e. The molecule has 9 heteroatoms. The van der Waals surface area contributed by atoms with E-state index in [0.717, 1.165) is 44.5 Å². The zero-order valence-corrected chi connectivity index (χ0v) is 55.9. The number of rotatable bonds is 4. The van der Waals surface area contributed by atoms with E-state index in [1.54, 1.807) is 0 Å². The fourth-order valence-electron chi connectivity index (χ4n) is 11.0. The standard InChI is InChI=1S/C76H90N4O4.Cu/c1-69(2,3)45-29-41(30-46(37-45)70(4,5)6)57-53-25-26-54(77-53)58(42-31-47(71(7,8)9)38-48(32-42)72(10,11)12)63-67(83)68(84)64(80-63)60(44-35-51(75(19,20)21)40-52(36-44)76(22,23)24)56-28-27-55(78-56)59(62-66(82)65(81)61(57)79-62)43-33-49(73(13,14)15)39-50(34-43)74(16,17)18;/h25-40H,1-24H3,(H2,77,78,79,80,81,82,83,84);/q;+2/p-2. The number of Topliss-reactive ketones (excluding diaryl/α,β-unsaturated/α-hetero) is 4. The van der Waals surface area contributed by atoms with E-state index in [-0.39, 0.29) is 83.2 Å². The monoisotopic (exact) mass is 1180 g/mol. The Morgan fingerprint density at radius 2 is 0.388 bits per heavy atom. The van der Waals surface area contributed by atoms with Crippen molar-refractivity contribution in [1.29, 1.82) is 0 Å². The first-order valence-corrected chi connectivity index (χ1v) is 29.9. The Morgan fingerprint density at radius 1 is 0.247 bits per heavy atom. The molecule has 2 aliphatic rings. The normalized spacial score (nSPS) is 14.1. The van der Waals surface area contributed by atoms with Crippen LogP contribution in [0, 0.1) is 0 Å². The molecule has 0 saturated heterocycles. The van der Waals surface area contributed by atoms with Gasteiger partial charge in [0.2, 0.25) is 0 Å². The van der Waals surface area contributed by atoms with Crippen molar-refractivity contribution >= 4 is 45.2 Å². The van der Waals surface area contributed by atoms with Crippen molar-refractivity contribution in [2.45, 2.75) is 209 Å². The molecule has 0 aliphatic carbocycles. The second-order valence-electron chi connectivity index (χ2n) is 32.1. The summed E-state index contributed by atoms with van der Waals surface area (Å²) in [5.74, 6) is -3.07. The molecule has 0 saturated carbocycles. The summed E-state index contributed by atoms with van der Waals surface area (Å²) in [4.78, 5) is 84.0. The zero-order chi connectivity index (χ0) is 62.3. The smallest absolute Gasteiger partial charge is 0.657 e. The number of aromatic nitrogens is 4.